The number of carbonyl (C=O) groups excluding carboxylic acids is 1. The lowest BCUT2D eigenvalue weighted by Gasteiger charge is -2.11. The van der Waals surface area contributed by atoms with Crippen molar-refractivity contribution in [2.45, 2.75) is 20.1 Å². The number of aryl methyl sites for hydroxylation is 1. The molecule has 0 saturated carbocycles. The number of hydrogen-bond donors (Lipinski definition) is 1. The van der Waals surface area contributed by atoms with E-state index in [1.54, 1.807) is 20.3 Å². The molecule has 0 aliphatic rings. The number of primary amides is 1. The molecule has 3 aromatic carbocycles. The van der Waals surface area contributed by atoms with E-state index in [0.717, 1.165) is 44.2 Å². The molecule has 5 heteroatoms. The maximum Gasteiger partial charge on any atom is 0.249 e. The van der Waals surface area contributed by atoms with E-state index >= 15 is 0 Å². The minimum atomic E-state index is -0.420. The van der Waals surface area contributed by atoms with Gasteiger partial charge in [-0.1, -0.05) is 30.3 Å². The molecule has 148 valence electrons. The van der Waals surface area contributed by atoms with Gasteiger partial charge in [-0.3, -0.25) is 4.79 Å². The molecule has 1 amide bonds. The van der Waals surface area contributed by atoms with Crippen molar-refractivity contribution in [2.24, 2.45) is 5.73 Å². The predicted octanol–water partition coefficient (Wildman–Crippen LogP) is 4.41. The average Bonchev–Trinajstić information content (AvgIpc) is 3.01. The highest BCUT2D eigenvalue weighted by Crippen LogP contribution is 2.33. The summed E-state index contributed by atoms with van der Waals surface area (Å²) >= 11 is 0. The molecular formula is C24H24N2O3. The van der Waals surface area contributed by atoms with Gasteiger partial charge in [0.1, 0.15) is 5.75 Å². The van der Waals surface area contributed by atoms with Crippen LogP contribution in [0.5, 0.6) is 5.75 Å². The van der Waals surface area contributed by atoms with Gasteiger partial charge >= 0.3 is 0 Å². The van der Waals surface area contributed by atoms with Gasteiger partial charge in [-0.05, 0) is 47.9 Å². The number of nitrogens with zero attached hydrogens (tertiary/aromatic N) is 1. The van der Waals surface area contributed by atoms with Crippen LogP contribution in [-0.2, 0) is 17.9 Å². The minimum Gasteiger partial charge on any atom is -0.496 e. The summed E-state index contributed by atoms with van der Waals surface area (Å²) in [4.78, 5) is 12.1. The fourth-order valence-electron chi connectivity index (χ4n) is 4.04. The Morgan fingerprint density at radius 2 is 1.79 bits per heavy atom. The van der Waals surface area contributed by atoms with Crippen LogP contribution in [0.2, 0.25) is 0 Å². The van der Waals surface area contributed by atoms with Crippen LogP contribution >= 0.6 is 0 Å². The van der Waals surface area contributed by atoms with Crippen molar-refractivity contribution in [3.8, 4) is 5.75 Å². The van der Waals surface area contributed by atoms with Gasteiger partial charge < -0.3 is 19.8 Å². The second kappa shape index (κ2) is 7.60. The monoisotopic (exact) mass is 388 g/mol. The Morgan fingerprint density at radius 1 is 1.00 bits per heavy atom. The molecular weight excluding hydrogens is 364 g/mol. The summed E-state index contributed by atoms with van der Waals surface area (Å²) in [5, 5.41) is 1.91. The van der Waals surface area contributed by atoms with Crippen LogP contribution < -0.4 is 10.5 Å². The van der Waals surface area contributed by atoms with Gasteiger partial charge in [0.15, 0.2) is 0 Å². The van der Waals surface area contributed by atoms with Gasteiger partial charge in [0, 0.05) is 35.5 Å². The van der Waals surface area contributed by atoms with E-state index in [1.807, 2.05) is 37.3 Å². The molecule has 0 aliphatic carbocycles. The van der Waals surface area contributed by atoms with Gasteiger partial charge in [0.25, 0.3) is 0 Å². The van der Waals surface area contributed by atoms with Gasteiger partial charge in [-0.25, -0.2) is 0 Å². The van der Waals surface area contributed by atoms with Crippen molar-refractivity contribution in [1.29, 1.82) is 0 Å². The average molecular weight is 388 g/mol. The third-order valence-corrected chi connectivity index (χ3v) is 5.33. The molecule has 0 unspecified atom stereocenters. The fraction of sp³-hybridized carbons (Fsp3) is 0.208. The highest BCUT2D eigenvalue weighted by Gasteiger charge is 2.17. The van der Waals surface area contributed by atoms with E-state index in [-0.39, 0.29) is 0 Å². The summed E-state index contributed by atoms with van der Waals surface area (Å²) in [6.45, 7) is 3.24. The molecule has 4 rings (SSSR count). The molecule has 0 atom stereocenters. The predicted molar refractivity (Wildman–Crippen MR) is 116 cm³/mol. The van der Waals surface area contributed by atoms with E-state index in [2.05, 4.69) is 22.8 Å². The highest BCUT2D eigenvalue weighted by molar-refractivity contribution is 6.17. The highest BCUT2D eigenvalue weighted by atomic mass is 16.5. The van der Waals surface area contributed by atoms with Crippen molar-refractivity contribution < 1.29 is 14.3 Å². The Kier molecular flexibility index (Phi) is 4.99. The first-order chi connectivity index (χ1) is 14.0. The number of aromatic nitrogens is 1. The standard InChI is InChI=1S/C24H24N2O3/c1-15-11-16(8-10-22(15)29-3)13-26-20-6-4-5-19(24(25)27)23(20)18-9-7-17(14-28-2)12-21(18)26/h4-12H,13-14H2,1-3H3,(H2,25,27). The van der Waals surface area contributed by atoms with Crippen molar-refractivity contribution in [2.75, 3.05) is 14.2 Å². The normalized spacial score (nSPS) is 11.3. The third kappa shape index (κ3) is 3.34. The first kappa shape index (κ1) is 19.0. The molecule has 4 aromatic rings. The maximum absolute atomic E-state index is 12.1. The van der Waals surface area contributed by atoms with E-state index in [0.29, 0.717) is 18.7 Å². The Labute approximate surface area is 169 Å². The zero-order valence-corrected chi connectivity index (χ0v) is 16.9. The number of rotatable bonds is 6. The zero-order valence-electron chi connectivity index (χ0n) is 16.9. The SMILES string of the molecule is COCc1ccc2c3c(C(N)=O)cccc3n(Cc3ccc(OC)c(C)c3)c2c1. The summed E-state index contributed by atoms with van der Waals surface area (Å²) in [5.74, 6) is 0.449. The number of methoxy groups -OCH3 is 2. The van der Waals surface area contributed by atoms with Crippen molar-refractivity contribution in [1.82, 2.24) is 4.57 Å². The first-order valence-corrected chi connectivity index (χ1v) is 9.49. The Bertz CT molecular complexity index is 1220. The summed E-state index contributed by atoms with van der Waals surface area (Å²) in [7, 11) is 3.36. The lowest BCUT2D eigenvalue weighted by atomic mass is 10.0. The van der Waals surface area contributed by atoms with Crippen molar-refractivity contribution >= 4 is 27.7 Å². The maximum atomic E-state index is 12.1. The second-order valence-corrected chi connectivity index (χ2v) is 7.24. The van der Waals surface area contributed by atoms with Gasteiger partial charge in [-0.15, -0.1) is 0 Å². The van der Waals surface area contributed by atoms with Gasteiger partial charge in [0.2, 0.25) is 5.91 Å². The quantitative estimate of drug-likeness (QED) is 0.532. The number of amides is 1. The van der Waals surface area contributed by atoms with Crippen LogP contribution in [0.3, 0.4) is 0 Å². The molecule has 29 heavy (non-hydrogen) atoms. The number of hydrogen-bond acceptors (Lipinski definition) is 3. The van der Waals surface area contributed by atoms with Crippen LogP contribution in [0.1, 0.15) is 27.0 Å². The molecule has 2 N–H and O–H groups in total. The van der Waals surface area contributed by atoms with Crippen molar-refractivity contribution in [3.63, 3.8) is 0 Å². The van der Waals surface area contributed by atoms with Gasteiger partial charge in [0.05, 0.1) is 19.2 Å². The molecule has 0 saturated heterocycles. The Balaban J connectivity index is 1.97. The van der Waals surface area contributed by atoms with Gasteiger partial charge in [-0.2, -0.15) is 0 Å². The summed E-state index contributed by atoms with van der Waals surface area (Å²) in [6.07, 6.45) is 0. The Morgan fingerprint density at radius 3 is 2.48 bits per heavy atom. The summed E-state index contributed by atoms with van der Waals surface area (Å²) in [6, 6.07) is 18.1. The molecule has 1 heterocycles. The third-order valence-electron chi connectivity index (χ3n) is 5.33. The van der Waals surface area contributed by atoms with Crippen LogP contribution in [-0.4, -0.2) is 24.7 Å². The molecule has 0 radical (unpaired) electrons. The molecule has 5 nitrogen and oxygen atoms in total. The lowest BCUT2D eigenvalue weighted by Crippen LogP contribution is -2.11. The molecule has 0 aliphatic heterocycles. The van der Waals surface area contributed by atoms with Crippen LogP contribution in [0.15, 0.2) is 54.6 Å². The van der Waals surface area contributed by atoms with Crippen LogP contribution in [0, 0.1) is 6.92 Å². The van der Waals surface area contributed by atoms with Crippen molar-refractivity contribution in [3.05, 3.63) is 76.9 Å². The second-order valence-electron chi connectivity index (χ2n) is 7.24. The smallest absolute Gasteiger partial charge is 0.249 e. The number of benzene rings is 3. The van der Waals surface area contributed by atoms with Crippen LogP contribution in [0.4, 0.5) is 0 Å². The Hall–Kier alpha value is -3.31. The topological polar surface area (TPSA) is 66.5 Å². The first-order valence-electron chi connectivity index (χ1n) is 9.49. The molecule has 0 bridgehead atoms. The number of nitrogens with two attached hydrogens (primary N) is 1. The number of fused-ring (bicyclic) bond motifs is 3. The zero-order chi connectivity index (χ0) is 20.5. The molecule has 0 fully saturated rings. The molecule has 1 aromatic heterocycles. The van der Waals surface area contributed by atoms with E-state index in [1.165, 1.54) is 0 Å². The molecule has 0 spiro atoms. The minimum absolute atomic E-state index is 0.420. The summed E-state index contributed by atoms with van der Waals surface area (Å²) in [5.41, 5.74) is 11.6. The van der Waals surface area contributed by atoms with Crippen LogP contribution in [0.25, 0.3) is 21.8 Å². The fourth-order valence-corrected chi connectivity index (χ4v) is 4.04. The van der Waals surface area contributed by atoms with E-state index in [9.17, 15) is 4.79 Å². The number of ether oxygens (including phenoxy) is 2. The number of carbonyl (C=O) groups is 1. The van der Waals surface area contributed by atoms with E-state index in [4.69, 9.17) is 15.2 Å². The summed E-state index contributed by atoms with van der Waals surface area (Å²) < 4.78 is 12.9. The van der Waals surface area contributed by atoms with E-state index < -0.39 is 5.91 Å². The largest absolute Gasteiger partial charge is 0.496 e. The lowest BCUT2D eigenvalue weighted by molar-refractivity contribution is 0.100.